The standard InChI is InChI=1S/C13H18N4O2/c14-13-15-7-10-1-4-17(8-11(10)16-13)12(18)9-2-5-19-6-3-9/h7,9H,1-6,8H2,(H2,14,15,16). The molecule has 1 aromatic heterocycles. The second-order valence-electron chi connectivity index (χ2n) is 5.10. The van der Waals surface area contributed by atoms with Crippen LogP contribution in [0.5, 0.6) is 0 Å². The van der Waals surface area contributed by atoms with Gasteiger partial charge in [0.2, 0.25) is 11.9 Å². The molecular weight excluding hydrogens is 244 g/mol. The van der Waals surface area contributed by atoms with Crippen LogP contribution < -0.4 is 5.73 Å². The number of hydrogen-bond donors (Lipinski definition) is 1. The van der Waals surface area contributed by atoms with Gasteiger partial charge >= 0.3 is 0 Å². The summed E-state index contributed by atoms with van der Waals surface area (Å²) in [5.41, 5.74) is 7.59. The Kier molecular flexibility index (Phi) is 3.33. The zero-order chi connectivity index (χ0) is 13.2. The van der Waals surface area contributed by atoms with E-state index in [1.54, 1.807) is 6.20 Å². The molecule has 1 aromatic rings. The minimum Gasteiger partial charge on any atom is -0.381 e. The van der Waals surface area contributed by atoms with Crippen LogP contribution in [-0.2, 0) is 22.5 Å². The number of ether oxygens (including phenoxy) is 1. The van der Waals surface area contributed by atoms with Crippen molar-refractivity contribution in [3.8, 4) is 0 Å². The van der Waals surface area contributed by atoms with Gasteiger partial charge in [0.1, 0.15) is 0 Å². The molecule has 19 heavy (non-hydrogen) atoms. The highest BCUT2D eigenvalue weighted by Crippen LogP contribution is 2.22. The van der Waals surface area contributed by atoms with Crippen LogP contribution in [0.15, 0.2) is 6.20 Å². The molecule has 1 fully saturated rings. The van der Waals surface area contributed by atoms with Crippen LogP contribution in [0.3, 0.4) is 0 Å². The van der Waals surface area contributed by atoms with Crippen LogP contribution in [0, 0.1) is 5.92 Å². The van der Waals surface area contributed by atoms with E-state index in [4.69, 9.17) is 10.5 Å². The summed E-state index contributed by atoms with van der Waals surface area (Å²) in [7, 11) is 0. The maximum Gasteiger partial charge on any atom is 0.226 e. The van der Waals surface area contributed by atoms with Crippen molar-refractivity contribution in [2.45, 2.75) is 25.8 Å². The second kappa shape index (κ2) is 5.13. The number of nitrogens with zero attached hydrogens (tertiary/aromatic N) is 3. The van der Waals surface area contributed by atoms with E-state index in [1.807, 2.05) is 4.90 Å². The average Bonchev–Trinajstić information content (AvgIpc) is 2.46. The molecule has 1 saturated heterocycles. The van der Waals surface area contributed by atoms with Gasteiger partial charge in [-0.3, -0.25) is 4.79 Å². The van der Waals surface area contributed by atoms with Gasteiger partial charge in [-0.1, -0.05) is 0 Å². The van der Waals surface area contributed by atoms with Crippen molar-refractivity contribution in [1.82, 2.24) is 14.9 Å². The lowest BCUT2D eigenvalue weighted by Gasteiger charge is -2.32. The molecule has 3 heterocycles. The molecule has 6 heteroatoms. The number of nitrogen functional groups attached to an aromatic ring is 1. The number of hydrogen-bond acceptors (Lipinski definition) is 5. The Bertz CT molecular complexity index is 486. The number of nitrogens with two attached hydrogens (primary N) is 1. The van der Waals surface area contributed by atoms with Crippen LogP contribution in [-0.4, -0.2) is 40.5 Å². The Labute approximate surface area is 112 Å². The van der Waals surface area contributed by atoms with Crippen molar-refractivity contribution in [2.75, 3.05) is 25.5 Å². The molecule has 0 atom stereocenters. The van der Waals surface area contributed by atoms with Gasteiger partial charge in [0, 0.05) is 31.9 Å². The highest BCUT2D eigenvalue weighted by Gasteiger charge is 2.29. The molecule has 1 amide bonds. The Morgan fingerprint density at radius 3 is 3.00 bits per heavy atom. The quantitative estimate of drug-likeness (QED) is 0.790. The van der Waals surface area contributed by atoms with E-state index in [2.05, 4.69) is 9.97 Å². The maximum atomic E-state index is 12.4. The monoisotopic (exact) mass is 262 g/mol. The third-order valence-corrected chi connectivity index (χ3v) is 3.85. The smallest absolute Gasteiger partial charge is 0.226 e. The van der Waals surface area contributed by atoms with E-state index < -0.39 is 0 Å². The van der Waals surface area contributed by atoms with Crippen molar-refractivity contribution >= 4 is 11.9 Å². The van der Waals surface area contributed by atoms with Crippen molar-refractivity contribution in [3.05, 3.63) is 17.5 Å². The Balaban J connectivity index is 1.72. The fraction of sp³-hybridized carbons (Fsp3) is 0.615. The molecule has 0 aromatic carbocycles. The summed E-state index contributed by atoms with van der Waals surface area (Å²) in [5.74, 6) is 0.611. The zero-order valence-corrected chi connectivity index (χ0v) is 10.8. The number of rotatable bonds is 1. The number of aromatic nitrogens is 2. The molecule has 0 aliphatic carbocycles. The van der Waals surface area contributed by atoms with Gasteiger partial charge in [-0.2, -0.15) is 0 Å². The molecule has 102 valence electrons. The van der Waals surface area contributed by atoms with Crippen LogP contribution in [0.2, 0.25) is 0 Å². The summed E-state index contributed by atoms with van der Waals surface area (Å²) in [6.45, 7) is 2.68. The molecule has 3 rings (SSSR count). The molecule has 0 radical (unpaired) electrons. The first-order valence-electron chi connectivity index (χ1n) is 6.71. The normalized spacial score (nSPS) is 20.1. The number of anilines is 1. The summed E-state index contributed by atoms with van der Waals surface area (Å²) < 4.78 is 5.30. The second-order valence-corrected chi connectivity index (χ2v) is 5.10. The fourth-order valence-corrected chi connectivity index (χ4v) is 2.71. The predicted octanol–water partition coefficient (Wildman–Crippen LogP) is 0.370. The molecule has 2 N–H and O–H groups in total. The van der Waals surface area contributed by atoms with Crippen molar-refractivity contribution < 1.29 is 9.53 Å². The van der Waals surface area contributed by atoms with Crippen molar-refractivity contribution in [3.63, 3.8) is 0 Å². The average molecular weight is 262 g/mol. The third kappa shape index (κ3) is 2.53. The SMILES string of the molecule is Nc1ncc2c(n1)CN(C(=O)C1CCOCC1)CC2. The number of carbonyl (C=O) groups is 1. The lowest BCUT2D eigenvalue weighted by atomic mass is 9.97. The molecule has 0 spiro atoms. The summed E-state index contributed by atoms with van der Waals surface area (Å²) in [6, 6.07) is 0. The Morgan fingerprint density at radius 1 is 1.42 bits per heavy atom. The number of fused-ring (bicyclic) bond motifs is 1. The van der Waals surface area contributed by atoms with E-state index >= 15 is 0 Å². The molecular formula is C13H18N4O2. The van der Waals surface area contributed by atoms with Gasteiger partial charge in [0.15, 0.2) is 0 Å². The largest absolute Gasteiger partial charge is 0.381 e. The van der Waals surface area contributed by atoms with Gasteiger partial charge in [-0.15, -0.1) is 0 Å². The van der Waals surface area contributed by atoms with Gasteiger partial charge in [0.05, 0.1) is 12.2 Å². The van der Waals surface area contributed by atoms with Crippen LogP contribution >= 0.6 is 0 Å². The van der Waals surface area contributed by atoms with Gasteiger partial charge in [-0.05, 0) is 24.8 Å². The summed E-state index contributed by atoms with van der Waals surface area (Å²) >= 11 is 0. The van der Waals surface area contributed by atoms with E-state index in [0.29, 0.717) is 19.8 Å². The lowest BCUT2D eigenvalue weighted by molar-refractivity contribution is -0.139. The molecule has 2 aliphatic rings. The van der Waals surface area contributed by atoms with Gasteiger partial charge in [-0.25, -0.2) is 9.97 Å². The Morgan fingerprint density at radius 2 is 2.21 bits per heavy atom. The van der Waals surface area contributed by atoms with Gasteiger partial charge in [0.25, 0.3) is 0 Å². The minimum absolute atomic E-state index is 0.106. The Hall–Kier alpha value is -1.69. The van der Waals surface area contributed by atoms with E-state index in [9.17, 15) is 4.79 Å². The molecule has 0 bridgehead atoms. The highest BCUT2D eigenvalue weighted by molar-refractivity contribution is 5.79. The number of carbonyl (C=O) groups excluding carboxylic acids is 1. The van der Waals surface area contributed by atoms with E-state index in [1.165, 1.54) is 0 Å². The fourth-order valence-electron chi connectivity index (χ4n) is 2.71. The summed E-state index contributed by atoms with van der Waals surface area (Å²) in [5, 5.41) is 0. The zero-order valence-electron chi connectivity index (χ0n) is 10.8. The molecule has 2 aliphatic heterocycles. The van der Waals surface area contributed by atoms with E-state index in [-0.39, 0.29) is 17.8 Å². The summed E-state index contributed by atoms with van der Waals surface area (Å²) in [4.78, 5) is 22.6. The van der Waals surface area contributed by atoms with Crippen molar-refractivity contribution in [1.29, 1.82) is 0 Å². The molecule has 0 unspecified atom stereocenters. The first-order valence-corrected chi connectivity index (χ1v) is 6.71. The van der Waals surface area contributed by atoms with E-state index in [0.717, 1.165) is 37.1 Å². The van der Waals surface area contributed by atoms with Crippen molar-refractivity contribution in [2.24, 2.45) is 5.92 Å². The maximum absolute atomic E-state index is 12.4. The topological polar surface area (TPSA) is 81.3 Å². The lowest BCUT2D eigenvalue weighted by Crippen LogP contribution is -2.41. The summed E-state index contributed by atoms with van der Waals surface area (Å²) in [6.07, 6.45) is 4.24. The molecule has 6 nitrogen and oxygen atoms in total. The minimum atomic E-state index is 0.106. The highest BCUT2D eigenvalue weighted by atomic mass is 16.5. The van der Waals surface area contributed by atoms with Crippen LogP contribution in [0.4, 0.5) is 5.95 Å². The first-order chi connectivity index (χ1) is 9.24. The predicted molar refractivity (Wildman–Crippen MR) is 69.1 cm³/mol. The third-order valence-electron chi connectivity index (χ3n) is 3.85. The first kappa shape index (κ1) is 12.3. The van der Waals surface area contributed by atoms with Gasteiger partial charge < -0.3 is 15.4 Å². The van der Waals surface area contributed by atoms with Crippen LogP contribution in [0.25, 0.3) is 0 Å². The molecule has 0 saturated carbocycles. The number of amides is 1. The van der Waals surface area contributed by atoms with Crippen LogP contribution in [0.1, 0.15) is 24.1 Å².